The normalized spacial score (nSPS) is 19.8. The molecule has 2 rings (SSSR count). The summed E-state index contributed by atoms with van der Waals surface area (Å²) < 4.78 is 5.54. The molecule has 2 nitrogen and oxygen atoms in total. The van der Waals surface area contributed by atoms with Gasteiger partial charge in [-0.25, -0.2) is 0 Å². The molecule has 0 amide bonds. The molecule has 1 unspecified atom stereocenters. The number of hydrogen-bond donors (Lipinski definition) is 0. The van der Waals surface area contributed by atoms with Gasteiger partial charge in [-0.15, -0.1) is 11.6 Å². The van der Waals surface area contributed by atoms with Crippen molar-refractivity contribution in [3.63, 3.8) is 0 Å². The summed E-state index contributed by atoms with van der Waals surface area (Å²) in [6, 6.07) is 6.51. The number of hydrogen-bond acceptors (Lipinski definition) is 2. The van der Waals surface area contributed by atoms with Gasteiger partial charge in [0.05, 0.1) is 6.61 Å². The van der Waals surface area contributed by atoms with Gasteiger partial charge in [0.15, 0.2) is 0 Å². The van der Waals surface area contributed by atoms with Crippen LogP contribution in [0.3, 0.4) is 0 Å². The molecule has 1 heterocycles. The second kappa shape index (κ2) is 6.44. The zero-order valence-electron chi connectivity index (χ0n) is 11.3. The Morgan fingerprint density at radius 2 is 2.28 bits per heavy atom. The van der Waals surface area contributed by atoms with Crippen LogP contribution in [-0.2, 0) is 10.6 Å². The largest absolute Gasteiger partial charge is 0.381 e. The van der Waals surface area contributed by atoms with Crippen molar-refractivity contribution >= 4 is 17.3 Å². The first-order chi connectivity index (χ1) is 8.70. The molecule has 0 spiro atoms. The molecule has 1 saturated heterocycles. The first kappa shape index (κ1) is 13.7. The quantitative estimate of drug-likeness (QED) is 0.773. The first-order valence-corrected chi connectivity index (χ1v) is 7.18. The third-order valence-electron chi connectivity index (χ3n) is 3.58. The Balaban J connectivity index is 2.05. The molecule has 3 heteroatoms. The number of anilines is 1. The highest BCUT2D eigenvalue weighted by molar-refractivity contribution is 6.17. The summed E-state index contributed by atoms with van der Waals surface area (Å²) >= 11 is 6.04. The van der Waals surface area contributed by atoms with E-state index in [1.807, 2.05) is 0 Å². The van der Waals surface area contributed by atoms with Crippen LogP contribution in [0.25, 0.3) is 0 Å². The number of aryl methyl sites for hydroxylation is 1. The number of alkyl halides is 1. The molecule has 0 radical (unpaired) electrons. The molecule has 1 fully saturated rings. The molecule has 0 aromatic heterocycles. The maximum atomic E-state index is 6.04. The average molecular weight is 268 g/mol. The summed E-state index contributed by atoms with van der Waals surface area (Å²) in [5.41, 5.74) is 3.74. The molecule has 1 aromatic rings. The van der Waals surface area contributed by atoms with Crippen molar-refractivity contribution in [2.75, 3.05) is 31.7 Å². The predicted octanol–water partition coefficient (Wildman–Crippen LogP) is 3.60. The molecule has 1 aliphatic rings. The average Bonchev–Trinajstić information content (AvgIpc) is 2.39. The summed E-state index contributed by atoms with van der Waals surface area (Å²) in [6.07, 6.45) is 2.46. The first-order valence-electron chi connectivity index (χ1n) is 6.65. The molecule has 1 atom stereocenters. The van der Waals surface area contributed by atoms with Gasteiger partial charge >= 0.3 is 0 Å². The van der Waals surface area contributed by atoms with Gasteiger partial charge in [0.25, 0.3) is 0 Å². The fraction of sp³-hybridized carbons (Fsp3) is 0.600. The third kappa shape index (κ3) is 3.39. The number of ether oxygens (including phenoxy) is 1. The monoisotopic (exact) mass is 267 g/mol. The molecular formula is C15H22ClNO. The molecule has 0 bridgehead atoms. The second-order valence-electron chi connectivity index (χ2n) is 5.23. The summed E-state index contributed by atoms with van der Waals surface area (Å²) in [7, 11) is 2.15. The van der Waals surface area contributed by atoms with Gasteiger partial charge in [0, 0.05) is 31.8 Å². The maximum Gasteiger partial charge on any atom is 0.0511 e. The van der Waals surface area contributed by atoms with Gasteiger partial charge in [-0.1, -0.05) is 17.7 Å². The van der Waals surface area contributed by atoms with Crippen molar-refractivity contribution < 1.29 is 4.74 Å². The lowest BCUT2D eigenvalue weighted by Crippen LogP contribution is -2.31. The van der Waals surface area contributed by atoms with Crippen molar-refractivity contribution in [1.82, 2.24) is 0 Å². The minimum atomic E-state index is 0.572. The SMILES string of the molecule is Cc1ccc(N(C)CC2CCCOC2)c(CCl)c1. The Bertz CT molecular complexity index is 388. The van der Waals surface area contributed by atoms with Crippen LogP contribution in [0.15, 0.2) is 18.2 Å². The van der Waals surface area contributed by atoms with E-state index in [2.05, 4.69) is 37.1 Å². The topological polar surface area (TPSA) is 12.5 Å². The zero-order valence-corrected chi connectivity index (χ0v) is 12.0. The van der Waals surface area contributed by atoms with Crippen molar-refractivity contribution in [2.24, 2.45) is 5.92 Å². The van der Waals surface area contributed by atoms with Crippen LogP contribution in [0.5, 0.6) is 0 Å². The van der Waals surface area contributed by atoms with Gasteiger partial charge in [-0.2, -0.15) is 0 Å². The van der Waals surface area contributed by atoms with Gasteiger partial charge in [0.1, 0.15) is 0 Å². The zero-order chi connectivity index (χ0) is 13.0. The lowest BCUT2D eigenvalue weighted by atomic mass is 10.0. The fourth-order valence-corrected chi connectivity index (χ4v) is 2.84. The van der Waals surface area contributed by atoms with Crippen molar-refractivity contribution in [1.29, 1.82) is 0 Å². The predicted molar refractivity (Wildman–Crippen MR) is 77.5 cm³/mol. The Labute approximate surface area is 115 Å². The van der Waals surface area contributed by atoms with Crippen LogP contribution in [0.4, 0.5) is 5.69 Å². The highest BCUT2D eigenvalue weighted by Crippen LogP contribution is 2.25. The molecular weight excluding hydrogens is 246 g/mol. The van der Waals surface area contributed by atoms with Crippen molar-refractivity contribution in [2.45, 2.75) is 25.6 Å². The second-order valence-corrected chi connectivity index (χ2v) is 5.50. The third-order valence-corrected chi connectivity index (χ3v) is 3.86. The van der Waals surface area contributed by atoms with E-state index in [9.17, 15) is 0 Å². The number of nitrogens with zero attached hydrogens (tertiary/aromatic N) is 1. The van der Waals surface area contributed by atoms with E-state index < -0.39 is 0 Å². The Hall–Kier alpha value is -0.730. The van der Waals surface area contributed by atoms with Crippen LogP contribution in [0.2, 0.25) is 0 Å². The van der Waals surface area contributed by atoms with Crippen LogP contribution >= 0.6 is 11.6 Å². The molecule has 1 aliphatic heterocycles. The number of halogens is 1. The summed E-state index contributed by atoms with van der Waals surface area (Å²) in [4.78, 5) is 2.32. The standard InChI is InChI=1S/C15H22ClNO/c1-12-5-6-15(14(8-12)9-16)17(2)10-13-4-3-7-18-11-13/h5-6,8,13H,3-4,7,9-11H2,1-2H3. The molecule has 0 aliphatic carbocycles. The highest BCUT2D eigenvalue weighted by atomic mass is 35.5. The van der Waals surface area contributed by atoms with E-state index in [1.54, 1.807) is 0 Å². The Morgan fingerprint density at radius 3 is 2.94 bits per heavy atom. The van der Waals surface area contributed by atoms with E-state index in [0.29, 0.717) is 11.8 Å². The minimum absolute atomic E-state index is 0.572. The van der Waals surface area contributed by atoms with Crippen LogP contribution in [0.1, 0.15) is 24.0 Å². The molecule has 0 N–H and O–H groups in total. The van der Waals surface area contributed by atoms with E-state index in [0.717, 1.165) is 19.8 Å². The molecule has 100 valence electrons. The van der Waals surface area contributed by atoms with Crippen LogP contribution < -0.4 is 4.90 Å². The van der Waals surface area contributed by atoms with Crippen molar-refractivity contribution in [3.05, 3.63) is 29.3 Å². The van der Waals surface area contributed by atoms with Gasteiger partial charge < -0.3 is 9.64 Å². The maximum absolute atomic E-state index is 6.04. The number of benzene rings is 1. The van der Waals surface area contributed by atoms with Gasteiger partial charge in [0.2, 0.25) is 0 Å². The lowest BCUT2D eigenvalue weighted by molar-refractivity contribution is 0.0576. The van der Waals surface area contributed by atoms with E-state index in [4.69, 9.17) is 16.3 Å². The van der Waals surface area contributed by atoms with Gasteiger partial charge in [-0.05, 0) is 37.3 Å². The van der Waals surface area contributed by atoms with Crippen LogP contribution in [0, 0.1) is 12.8 Å². The molecule has 1 aromatic carbocycles. The summed E-state index contributed by atoms with van der Waals surface area (Å²) in [6.45, 7) is 4.98. The lowest BCUT2D eigenvalue weighted by Gasteiger charge is -2.29. The van der Waals surface area contributed by atoms with Crippen LogP contribution in [-0.4, -0.2) is 26.8 Å². The van der Waals surface area contributed by atoms with Gasteiger partial charge in [-0.3, -0.25) is 0 Å². The van der Waals surface area contributed by atoms with Crippen molar-refractivity contribution in [3.8, 4) is 0 Å². The smallest absolute Gasteiger partial charge is 0.0511 e. The van der Waals surface area contributed by atoms with E-state index >= 15 is 0 Å². The number of rotatable bonds is 4. The van der Waals surface area contributed by atoms with E-state index in [-0.39, 0.29) is 0 Å². The summed E-state index contributed by atoms with van der Waals surface area (Å²) in [5.74, 6) is 1.22. The minimum Gasteiger partial charge on any atom is -0.381 e. The Kier molecular flexibility index (Phi) is 4.90. The molecule has 18 heavy (non-hydrogen) atoms. The Morgan fingerprint density at radius 1 is 1.44 bits per heavy atom. The summed E-state index contributed by atoms with van der Waals surface area (Å²) in [5, 5.41) is 0. The fourth-order valence-electron chi connectivity index (χ4n) is 2.63. The highest BCUT2D eigenvalue weighted by Gasteiger charge is 2.17. The van der Waals surface area contributed by atoms with E-state index in [1.165, 1.54) is 29.7 Å². The molecule has 0 saturated carbocycles.